The lowest BCUT2D eigenvalue weighted by Crippen LogP contribution is -2.33. The van der Waals surface area contributed by atoms with Gasteiger partial charge in [-0.3, -0.25) is 14.8 Å². The van der Waals surface area contributed by atoms with E-state index in [2.05, 4.69) is 10.4 Å². The van der Waals surface area contributed by atoms with Crippen LogP contribution in [0.5, 0.6) is 5.75 Å². The number of carboxylic acids is 1. The molecule has 2 aromatic rings. The second-order valence-corrected chi connectivity index (χ2v) is 7.45. The molecule has 2 atom stereocenters. The highest BCUT2D eigenvalue weighted by Gasteiger charge is 2.30. The Labute approximate surface area is 155 Å². The number of aryl methyl sites for hydroxylation is 1. The first-order chi connectivity index (χ1) is 11.4. The number of aromatic nitrogens is 2. The van der Waals surface area contributed by atoms with Crippen molar-refractivity contribution in [1.29, 1.82) is 0 Å². The number of nitrogens with zero attached hydrogens (tertiary/aromatic N) is 2. The van der Waals surface area contributed by atoms with Crippen LogP contribution in [0.15, 0.2) is 30.3 Å². The molecule has 0 amide bonds. The molecule has 0 unspecified atom stereocenters. The Morgan fingerprint density at radius 2 is 2.25 bits per heavy atom. The van der Waals surface area contributed by atoms with Crippen molar-refractivity contribution in [2.75, 3.05) is 5.75 Å². The fraction of sp³-hybridized carbons (Fsp3) is 0.267. The minimum Gasteiger partial charge on any atom is -0.480 e. The number of nitrogens with one attached hydrogen (secondary N) is 1. The van der Waals surface area contributed by atoms with E-state index in [1.54, 1.807) is 31.3 Å². The Morgan fingerprint density at radius 1 is 1.46 bits per heavy atom. The van der Waals surface area contributed by atoms with Crippen LogP contribution in [0.2, 0.25) is 0 Å². The summed E-state index contributed by atoms with van der Waals surface area (Å²) >= 11 is 3.54. The molecular formula is C15H14IN3O4S. The van der Waals surface area contributed by atoms with E-state index >= 15 is 0 Å². The van der Waals surface area contributed by atoms with E-state index in [0.717, 1.165) is 5.56 Å². The number of carbonyl (C=O) groups excluding carboxylic acids is 1. The highest BCUT2D eigenvalue weighted by Crippen LogP contribution is 2.34. The Balaban J connectivity index is 1.73. The SMILES string of the molecule is Cn1nc(I)cc1C(=O)Oc1cccc([C@@H]2N[C@@H](C(=O)O)CS2)c1. The van der Waals surface area contributed by atoms with Gasteiger partial charge in [0.05, 0.1) is 5.37 Å². The maximum Gasteiger partial charge on any atom is 0.362 e. The molecule has 1 aromatic carbocycles. The third kappa shape index (κ3) is 3.73. The Morgan fingerprint density at radius 3 is 2.88 bits per heavy atom. The second kappa shape index (κ2) is 7.11. The van der Waals surface area contributed by atoms with Crippen LogP contribution in [-0.4, -0.2) is 38.6 Å². The lowest BCUT2D eigenvalue weighted by atomic mass is 10.2. The molecule has 1 aliphatic heterocycles. The zero-order chi connectivity index (χ0) is 17.3. The number of aliphatic carboxylic acids is 1. The topological polar surface area (TPSA) is 93.5 Å². The summed E-state index contributed by atoms with van der Waals surface area (Å²) in [6.07, 6.45) is 0. The molecule has 0 saturated carbocycles. The smallest absolute Gasteiger partial charge is 0.362 e. The number of rotatable bonds is 4. The van der Waals surface area contributed by atoms with Crippen molar-refractivity contribution < 1.29 is 19.4 Å². The van der Waals surface area contributed by atoms with Crippen LogP contribution in [0.3, 0.4) is 0 Å². The van der Waals surface area contributed by atoms with Gasteiger partial charge in [0, 0.05) is 18.9 Å². The molecular weight excluding hydrogens is 445 g/mol. The summed E-state index contributed by atoms with van der Waals surface area (Å²) in [6.45, 7) is 0. The standard InChI is InChI=1S/C15H14IN3O4S/c1-19-11(6-12(16)18-19)15(22)23-9-4-2-3-8(5-9)13-17-10(7-24-13)14(20)21/h2-6,10,13,17H,7H2,1H3,(H,20,21)/t10-,13-/m1/s1. The average Bonchev–Trinajstić information content (AvgIpc) is 3.14. The van der Waals surface area contributed by atoms with Crippen LogP contribution in [0.1, 0.15) is 21.4 Å². The Kier molecular flexibility index (Phi) is 5.11. The van der Waals surface area contributed by atoms with Crippen LogP contribution in [-0.2, 0) is 11.8 Å². The molecule has 0 spiro atoms. The van der Waals surface area contributed by atoms with Crippen LogP contribution in [0.4, 0.5) is 0 Å². The predicted octanol–water partition coefficient (Wildman–Crippen LogP) is 2.03. The normalized spacial score (nSPS) is 20.1. The largest absolute Gasteiger partial charge is 0.480 e. The van der Waals surface area contributed by atoms with E-state index in [0.29, 0.717) is 20.9 Å². The van der Waals surface area contributed by atoms with E-state index in [1.165, 1.54) is 16.4 Å². The maximum absolute atomic E-state index is 12.2. The summed E-state index contributed by atoms with van der Waals surface area (Å²) in [5.41, 5.74) is 1.23. The third-order valence-electron chi connectivity index (χ3n) is 3.51. The van der Waals surface area contributed by atoms with Crippen LogP contribution < -0.4 is 10.1 Å². The molecule has 1 fully saturated rings. The summed E-state index contributed by atoms with van der Waals surface area (Å²) in [5, 5.41) is 16.1. The number of hydrogen-bond acceptors (Lipinski definition) is 6. The Hall–Kier alpha value is -1.59. The van der Waals surface area contributed by atoms with Crippen LogP contribution in [0.25, 0.3) is 0 Å². The van der Waals surface area contributed by atoms with Gasteiger partial charge in [-0.1, -0.05) is 12.1 Å². The summed E-state index contributed by atoms with van der Waals surface area (Å²) in [4.78, 5) is 23.3. The van der Waals surface area contributed by atoms with Gasteiger partial charge in [0.1, 0.15) is 21.2 Å². The summed E-state index contributed by atoms with van der Waals surface area (Å²) in [6, 6.07) is 8.17. The molecule has 3 rings (SSSR count). The predicted molar refractivity (Wildman–Crippen MR) is 97.1 cm³/mol. The van der Waals surface area contributed by atoms with E-state index < -0.39 is 18.0 Å². The number of halogens is 1. The van der Waals surface area contributed by atoms with E-state index in [1.807, 2.05) is 28.7 Å². The van der Waals surface area contributed by atoms with Gasteiger partial charge >= 0.3 is 11.9 Å². The second-order valence-electron chi connectivity index (χ2n) is 5.21. The lowest BCUT2D eigenvalue weighted by molar-refractivity contribution is -0.138. The van der Waals surface area contributed by atoms with Crippen molar-refractivity contribution >= 4 is 46.3 Å². The van der Waals surface area contributed by atoms with Crippen molar-refractivity contribution in [3.63, 3.8) is 0 Å². The molecule has 0 bridgehead atoms. The lowest BCUT2D eigenvalue weighted by Gasteiger charge is -2.12. The zero-order valence-corrected chi connectivity index (χ0v) is 15.6. The molecule has 1 saturated heterocycles. The van der Waals surface area contributed by atoms with Crippen molar-refractivity contribution in [2.24, 2.45) is 7.05 Å². The first-order valence-corrected chi connectivity index (χ1v) is 9.19. The van der Waals surface area contributed by atoms with Crippen molar-refractivity contribution in [3.8, 4) is 5.75 Å². The van der Waals surface area contributed by atoms with Crippen LogP contribution in [0, 0.1) is 3.70 Å². The van der Waals surface area contributed by atoms with E-state index in [9.17, 15) is 9.59 Å². The minimum absolute atomic E-state index is 0.137. The van der Waals surface area contributed by atoms with E-state index in [4.69, 9.17) is 9.84 Å². The van der Waals surface area contributed by atoms with Gasteiger partial charge in [-0.25, -0.2) is 4.79 Å². The first-order valence-electron chi connectivity index (χ1n) is 7.06. The fourth-order valence-electron chi connectivity index (χ4n) is 2.33. The van der Waals surface area contributed by atoms with Gasteiger partial charge in [-0.05, 0) is 40.3 Å². The van der Waals surface area contributed by atoms with Crippen molar-refractivity contribution in [1.82, 2.24) is 15.1 Å². The number of carbonyl (C=O) groups is 2. The van der Waals surface area contributed by atoms with Gasteiger partial charge in [0.15, 0.2) is 0 Å². The molecule has 0 aliphatic carbocycles. The molecule has 1 aliphatic rings. The Bertz CT molecular complexity index is 795. The van der Waals surface area contributed by atoms with Gasteiger partial charge in [0.25, 0.3) is 0 Å². The van der Waals surface area contributed by atoms with Gasteiger partial charge in [-0.15, -0.1) is 11.8 Å². The summed E-state index contributed by atoms with van der Waals surface area (Å²) < 4.78 is 7.59. The number of ether oxygens (including phenoxy) is 1. The van der Waals surface area contributed by atoms with Gasteiger partial charge < -0.3 is 9.84 Å². The summed E-state index contributed by atoms with van der Waals surface area (Å²) in [7, 11) is 1.68. The first kappa shape index (κ1) is 17.2. The highest BCUT2D eigenvalue weighted by atomic mass is 127. The third-order valence-corrected chi connectivity index (χ3v) is 5.31. The number of esters is 1. The monoisotopic (exact) mass is 459 g/mol. The van der Waals surface area contributed by atoms with Crippen molar-refractivity contribution in [3.05, 3.63) is 45.3 Å². The van der Waals surface area contributed by atoms with Crippen LogP contribution >= 0.6 is 34.4 Å². The quantitative estimate of drug-likeness (QED) is 0.411. The van der Waals surface area contributed by atoms with Gasteiger partial charge in [0.2, 0.25) is 0 Å². The molecule has 7 nitrogen and oxygen atoms in total. The maximum atomic E-state index is 12.2. The van der Waals surface area contributed by atoms with Crippen molar-refractivity contribution in [2.45, 2.75) is 11.4 Å². The van der Waals surface area contributed by atoms with E-state index in [-0.39, 0.29) is 5.37 Å². The average molecular weight is 459 g/mol. The number of hydrogen-bond donors (Lipinski definition) is 2. The molecule has 9 heteroatoms. The summed E-state index contributed by atoms with van der Waals surface area (Å²) in [5.74, 6) is -0.439. The molecule has 0 radical (unpaired) electrons. The van der Waals surface area contributed by atoms with Gasteiger partial charge in [-0.2, -0.15) is 5.10 Å². The molecule has 2 N–H and O–H groups in total. The zero-order valence-electron chi connectivity index (χ0n) is 12.6. The molecule has 24 heavy (non-hydrogen) atoms. The highest BCUT2D eigenvalue weighted by molar-refractivity contribution is 14.1. The minimum atomic E-state index is -0.863. The number of carboxylic acid groups (broad SMARTS) is 1. The number of benzene rings is 1. The fourth-order valence-corrected chi connectivity index (χ4v) is 4.17. The molecule has 2 heterocycles. The molecule has 1 aromatic heterocycles. The number of thioether (sulfide) groups is 1. The molecule has 126 valence electrons.